The molecule has 11 heterocycles. The highest BCUT2D eigenvalue weighted by molar-refractivity contribution is 7.10. The fraction of sp³-hybridized carbons (Fsp3) is 0.667. The van der Waals surface area contributed by atoms with Gasteiger partial charge in [-0.3, -0.25) is 34.2 Å². The van der Waals surface area contributed by atoms with Crippen LogP contribution >= 0.6 is 11.3 Å². The number of rotatable bonds is 12. The van der Waals surface area contributed by atoms with Gasteiger partial charge >= 0.3 is 5.97 Å². The number of ether oxygens (including phenoxy) is 6. The van der Waals surface area contributed by atoms with Gasteiger partial charge < -0.3 is 43.2 Å². The summed E-state index contributed by atoms with van der Waals surface area (Å²) in [5.74, 6) is -0.963. The summed E-state index contributed by atoms with van der Waals surface area (Å²) in [4.78, 5) is 62.3. The molecular formula is C57H75N9O9S. The van der Waals surface area contributed by atoms with Gasteiger partial charge in [0.25, 0.3) is 5.91 Å². The third-order valence-electron chi connectivity index (χ3n) is 18.2. The minimum absolute atomic E-state index is 0.00560. The minimum atomic E-state index is -1.02. The predicted octanol–water partition coefficient (Wildman–Crippen LogP) is 5.53. The molecule has 2 N–H and O–H groups in total. The number of anilines is 1. The Morgan fingerprint density at radius 3 is 2.47 bits per heavy atom. The van der Waals surface area contributed by atoms with E-state index in [9.17, 15) is 9.59 Å². The Morgan fingerprint density at radius 1 is 0.987 bits per heavy atom. The highest BCUT2D eigenvalue weighted by Gasteiger charge is 2.57. The summed E-state index contributed by atoms with van der Waals surface area (Å²) in [5, 5.41) is 8.75. The van der Waals surface area contributed by atoms with Crippen molar-refractivity contribution < 1.29 is 42.8 Å². The molecule has 0 unspecified atom stereocenters. The number of carbonyl (C=O) groups is 3. The van der Waals surface area contributed by atoms with Crippen LogP contribution in [0.15, 0.2) is 35.8 Å². The zero-order valence-electron chi connectivity index (χ0n) is 44.8. The first kappa shape index (κ1) is 50.9. The molecule has 10 aliphatic rings. The molecule has 18 nitrogen and oxygen atoms in total. The molecule has 2 amide bonds. The maximum atomic E-state index is 15.4. The van der Waals surface area contributed by atoms with E-state index < -0.39 is 29.6 Å². The number of esters is 1. The van der Waals surface area contributed by atoms with Crippen molar-refractivity contribution in [2.75, 3.05) is 97.5 Å². The number of hydrazine groups is 1. The lowest BCUT2D eigenvalue weighted by Crippen LogP contribution is -2.74. The topological polar surface area (TPSA) is 174 Å². The lowest BCUT2D eigenvalue weighted by Gasteiger charge is -2.58. The molecule has 2 aliphatic carbocycles. The van der Waals surface area contributed by atoms with Crippen molar-refractivity contribution in [2.45, 2.75) is 128 Å². The van der Waals surface area contributed by atoms with Gasteiger partial charge in [0, 0.05) is 122 Å². The average molecular weight is 1060 g/mol. The van der Waals surface area contributed by atoms with Crippen LogP contribution < -0.4 is 15.6 Å². The van der Waals surface area contributed by atoms with Gasteiger partial charge in [0.1, 0.15) is 23.2 Å². The number of amides is 2. The number of fused-ring (bicyclic) bond motifs is 4. The van der Waals surface area contributed by atoms with Crippen LogP contribution in [0.25, 0.3) is 33.4 Å². The van der Waals surface area contributed by atoms with Crippen molar-refractivity contribution in [1.82, 2.24) is 40.1 Å². The van der Waals surface area contributed by atoms with Crippen molar-refractivity contribution in [3.8, 4) is 22.5 Å². The van der Waals surface area contributed by atoms with Gasteiger partial charge in [-0.25, -0.2) is 10.4 Å². The molecular weight excluding hydrogens is 987 g/mol. The van der Waals surface area contributed by atoms with Crippen LogP contribution in [0.1, 0.15) is 94.6 Å². The summed E-state index contributed by atoms with van der Waals surface area (Å²) in [6.45, 7) is 18.2. The monoisotopic (exact) mass is 1060 g/mol. The molecule has 76 heavy (non-hydrogen) atoms. The summed E-state index contributed by atoms with van der Waals surface area (Å²) in [5.41, 5.74) is 10.7. The Labute approximate surface area is 449 Å². The second kappa shape index (κ2) is 20.3. The van der Waals surface area contributed by atoms with Gasteiger partial charge in [-0.05, 0) is 81.5 Å². The van der Waals surface area contributed by atoms with E-state index in [0.29, 0.717) is 78.5 Å². The van der Waals surface area contributed by atoms with Crippen LogP contribution in [0, 0.1) is 22.7 Å². The smallest absolute Gasteiger partial charge is 0.325 e. The van der Waals surface area contributed by atoms with E-state index in [1.165, 1.54) is 24.2 Å². The fourth-order valence-electron chi connectivity index (χ4n) is 13.4. The Hall–Kier alpha value is -4.57. The molecule has 7 saturated heterocycles. The molecule has 2 saturated carbocycles. The van der Waals surface area contributed by atoms with Gasteiger partial charge in [0.05, 0.1) is 80.3 Å². The number of nitrogens with zero attached hydrogens (tertiary/aromatic N) is 7. The van der Waals surface area contributed by atoms with E-state index >= 15 is 4.79 Å². The first-order chi connectivity index (χ1) is 36.8. The molecule has 0 radical (unpaired) electrons. The van der Waals surface area contributed by atoms with E-state index in [0.717, 1.165) is 100 Å². The Balaban J connectivity index is 0.956. The number of cyclic esters (lactones) is 1. The van der Waals surface area contributed by atoms with Gasteiger partial charge in [0.15, 0.2) is 0 Å². The van der Waals surface area contributed by atoms with Crippen molar-refractivity contribution in [1.29, 1.82) is 0 Å². The number of likely N-dealkylation sites (tertiary alicyclic amines) is 1. The van der Waals surface area contributed by atoms with E-state index in [1.54, 1.807) is 12.1 Å². The molecule has 8 bridgehead atoms. The molecule has 408 valence electrons. The third kappa shape index (κ3) is 9.46. The normalized spacial score (nSPS) is 30.2. The summed E-state index contributed by atoms with van der Waals surface area (Å²) < 4.78 is 38.9. The minimum Gasteiger partial charge on any atom is -0.464 e. The number of carbonyl (C=O) groups excluding carboxylic acids is 3. The number of nitrogens with one attached hydrogen (secondary N) is 2. The standard InChI is InChI=1S/C57H75N9O9S/c1-33-26-74-51(33)52(67)60-48-50(64-28-57(29-64)31-72-32-57)53-59-44(27-76-53)35-6-9-45-41(22-35)43(24-56(3,4)30-75-55(69)47-36-20-38(21-36)66(61-47)54(48)68)49(65(45)16-19-73-40-10-17-71-18-11-40)42-23-39(25-58-46(42)34(2)70-5)63-14-12-62(13-15-63)37-7-8-37/h6,9,22-23,25,27,33-34,36-38,40,47-48,50-51,61H,7-8,10-21,24,26,28-32H2,1-5H3,(H,60,67)/t33-,34-,36?,38?,47-,48+,50+,51+/m0/s1. The van der Waals surface area contributed by atoms with E-state index in [2.05, 4.69) is 80.4 Å². The summed E-state index contributed by atoms with van der Waals surface area (Å²) in [7, 11) is 1.75. The van der Waals surface area contributed by atoms with Crippen LogP contribution in [0.2, 0.25) is 0 Å². The van der Waals surface area contributed by atoms with Gasteiger partial charge in [-0.2, -0.15) is 0 Å². The van der Waals surface area contributed by atoms with Gasteiger partial charge in [-0.1, -0.05) is 26.8 Å². The summed E-state index contributed by atoms with van der Waals surface area (Å²) in [6.07, 6.45) is 7.40. The van der Waals surface area contributed by atoms with Crippen molar-refractivity contribution >= 4 is 45.7 Å². The van der Waals surface area contributed by atoms with Crippen molar-refractivity contribution in [3.63, 3.8) is 0 Å². The number of benzene rings is 1. The number of aromatic nitrogens is 3. The highest BCUT2D eigenvalue weighted by Crippen LogP contribution is 2.48. The molecule has 9 fully saturated rings. The molecule has 3 aromatic heterocycles. The lowest BCUT2D eigenvalue weighted by atomic mass is 9.72. The quantitative estimate of drug-likeness (QED) is 0.170. The molecule has 6 atom stereocenters. The van der Waals surface area contributed by atoms with Crippen molar-refractivity contribution in [2.24, 2.45) is 22.7 Å². The number of hydrogen-bond donors (Lipinski definition) is 2. The second-order valence-corrected chi connectivity index (χ2v) is 25.3. The summed E-state index contributed by atoms with van der Waals surface area (Å²) in [6, 6.07) is 7.24. The predicted molar refractivity (Wildman–Crippen MR) is 285 cm³/mol. The number of hydrogen-bond acceptors (Lipinski definition) is 16. The first-order valence-electron chi connectivity index (χ1n) is 28.1. The number of methoxy groups -OCH3 is 1. The SMILES string of the molecule is CO[C@@H](C)c1ncc(N2CCN(C3CC3)CC2)cc1-c1c2c3cc(ccc3n1CCOC1CCOCC1)-c1csc(n1)[C@H](N1CC3(COC3)C1)[C@@H](NC(=O)[C@@H]1OC[C@@H]1C)C(=O)N1N[C@H](C(=O)OCC(C)(C)C2)C2CC1C2. The van der Waals surface area contributed by atoms with Gasteiger partial charge in [0.2, 0.25) is 5.91 Å². The Morgan fingerprint density at radius 2 is 1.78 bits per heavy atom. The van der Waals surface area contributed by atoms with Crippen LogP contribution in [0.4, 0.5) is 5.69 Å². The molecule has 8 aliphatic heterocycles. The molecule has 1 spiro atoms. The van der Waals surface area contributed by atoms with Crippen LogP contribution in [0.5, 0.6) is 0 Å². The van der Waals surface area contributed by atoms with E-state index in [1.807, 2.05) is 13.1 Å². The maximum absolute atomic E-state index is 15.4. The molecule has 4 aromatic rings. The number of pyridine rings is 1. The first-order valence-corrected chi connectivity index (χ1v) is 29.0. The van der Waals surface area contributed by atoms with E-state index in [4.69, 9.17) is 38.4 Å². The van der Waals surface area contributed by atoms with E-state index in [-0.39, 0.29) is 59.9 Å². The van der Waals surface area contributed by atoms with Gasteiger partial charge in [-0.15, -0.1) is 11.3 Å². The fourth-order valence-corrected chi connectivity index (χ4v) is 14.4. The zero-order chi connectivity index (χ0) is 52.0. The Bertz CT molecular complexity index is 2840. The highest BCUT2D eigenvalue weighted by atomic mass is 32.1. The summed E-state index contributed by atoms with van der Waals surface area (Å²) >= 11 is 1.51. The average Bonchev–Trinajstić information content (AvgIpc) is 4.09. The Kier molecular flexibility index (Phi) is 13.6. The molecule has 1 aromatic carbocycles. The third-order valence-corrected chi connectivity index (χ3v) is 19.1. The largest absolute Gasteiger partial charge is 0.464 e. The molecule has 19 heteroatoms. The van der Waals surface area contributed by atoms with Crippen LogP contribution in [-0.2, 0) is 55.8 Å². The lowest BCUT2D eigenvalue weighted by molar-refractivity contribution is -0.204. The second-order valence-electron chi connectivity index (χ2n) is 24.4. The molecule has 14 rings (SSSR count). The number of thiazole rings is 1. The van der Waals surface area contributed by atoms with Crippen LogP contribution in [0.3, 0.4) is 0 Å². The van der Waals surface area contributed by atoms with Crippen LogP contribution in [-0.4, -0.2) is 176 Å². The zero-order valence-corrected chi connectivity index (χ0v) is 45.6. The van der Waals surface area contributed by atoms with Crippen molar-refractivity contribution in [3.05, 3.63) is 52.1 Å². The maximum Gasteiger partial charge on any atom is 0.325 e. The number of piperazine rings is 1.